The van der Waals surface area contributed by atoms with Crippen molar-refractivity contribution < 1.29 is 19.2 Å². The molecule has 1 saturated heterocycles. The van der Waals surface area contributed by atoms with Crippen LogP contribution in [0.4, 0.5) is 11.4 Å². The van der Waals surface area contributed by atoms with Crippen LogP contribution >= 0.6 is 0 Å². The van der Waals surface area contributed by atoms with Crippen molar-refractivity contribution >= 4 is 29.3 Å². The summed E-state index contributed by atoms with van der Waals surface area (Å²) in [4.78, 5) is 36.2. The molecule has 2 aromatic carbocycles. The fraction of sp³-hybridized carbons (Fsp3) is 0.200. The van der Waals surface area contributed by atoms with E-state index in [-0.39, 0.29) is 30.0 Å². The van der Waals surface area contributed by atoms with Crippen LogP contribution in [0.1, 0.15) is 12.0 Å². The van der Waals surface area contributed by atoms with Gasteiger partial charge in [-0.05, 0) is 48.0 Å². The SMILES string of the molecule is COc1ccc(N2C[C@@H](NC(=O)/C=C\c3ccc([N+](=O)[O-])cc3)CC2=O)cc1. The molecule has 144 valence electrons. The molecule has 0 radical (unpaired) electrons. The lowest BCUT2D eigenvalue weighted by Crippen LogP contribution is -2.36. The summed E-state index contributed by atoms with van der Waals surface area (Å²) < 4.78 is 5.11. The van der Waals surface area contributed by atoms with Gasteiger partial charge in [0.15, 0.2) is 0 Å². The lowest BCUT2D eigenvalue weighted by atomic mass is 10.2. The minimum atomic E-state index is -0.480. The van der Waals surface area contributed by atoms with Crippen LogP contribution in [0, 0.1) is 10.1 Å². The highest BCUT2D eigenvalue weighted by Crippen LogP contribution is 2.24. The Labute approximate surface area is 161 Å². The van der Waals surface area contributed by atoms with Gasteiger partial charge in [0.2, 0.25) is 11.8 Å². The number of carbonyl (C=O) groups is 2. The van der Waals surface area contributed by atoms with Crippen molar-refractivity contribution in [3.8, 4) is 5.75 Å². The summed E-state index contributed by atoms with van der Waals surface area (Å²) in [5.41, 5.74) is 1.41. The van der Waals surface area contributed by atoms with E-state index < -0.39 is 4.92 Å². The Kier molecular flexibility index (Phi) is 5.69. The van der Waals surface area contributed by atoms with Crippen LogP contribution in [-0.4, -0.2) is 36.4 Å². The monoisotopic (exact) mass is 381 g/mol. The number of carbonyl (C=O) groups excluding carboxylic acids is 2. The highest BCUT2D eigenvalue weighted by molar-refractivity contribution is 5.98. The molecule has 2 aromatic rings. The summed E-state index contributed by atoms with van der Waals surface area (Å²) in [5, 5.41) is 13.5. The average Bonchev–Trinajstić information content (AvgIpc) is 3.06. The molecule has 0 aliphatic carbocycles. The Balaban J connectivity index is 1.57. The zero-order chi connectivity index (χ0) is 20.1. The lowest BCUT2D eigenvalue weighted by molar-refractivity contribution is -0.384. The maximum absolute atomic E-state index is 12.3. The first-order chi connectivity index (χ1) is 13.5. The van der Waals surface area contributed by atoms with Crippen LogP contribution in [0.3, 0.4) is 0 Å². The van der Waals surface area contributed by atoms with Gasteiger partial charge in [-0.3, -0.25) is 19.7 Å². The van der Waals surface area contributed by atoms with E-state index in [0.717, 1.165) is 5.69 Å². The number of amides is 2. The lowest BCUT2D eigenvalue weighted by Gasteiger charge is -2.17. The van der Waals surface area contributed by atoms with Crippen LogP contribution in [0.2, 0.25) is 0 Å². The number of hydrogen-bond acceptors (Lipinski definition) is 5. The van der Waals surface area contributed by atoms with E-state index in [1.807, 2.05) is 0 Å². The summed E-state index contributed by atoms with van der Waals surface area (Å²) in [5.74, 6) is 0.319. The molecule has 0 unspecified atom stereocenters. The van der Waals surface area contributed by atoms with Gasteiger partial charge >= 0.3 is 0 Å². The van der Waals surface area contributed by atoms with E-state index >= 15 is 0 Å². The number of nitrogens with zero attached hydrogens (tertiary/aromatic N) is 2. The Hall–Kier alpha value is -3.68. The molecule has 1 N–H and O–H groups in total. The smallest absolute Gasteiger partial charge is 0.269 e. The van der Waals surface area contributed by atoms with Crippen LogP contribution in [-0.2, 0) is 9.59 Å². The van der Waals surface area contributed by atoms with Gasteiger partial charge in [-0.25, -0.2) is 0 Å². The summed E-state index contributed by atoms with van der Waals surface area (Å²) in [6, 6.07) is 12.7. The number of methoxy groups -OCH3 is 1. The first-order valence-electron chi connectivity index (χ1n) is 8.63. The van der Waals surface area contributed by atoms with Gasteiger partial charge in [0.1, 0.15) is 5.75 Å². The number of benzene rings is 2. The quantitative estimate of drug-likeness (QED) is 0.471. The molecule has 1 aliphatic rings. The number of non-ortho nitro benzene ring substituents is 1. The van der Waals surface area contributed by atoms with Crippen molar-refractivity contribution in [3.63, 3.8) is 0 Å². The van der Waals surface area contributed by atoms with Crippen molar-refractivity contribution in [2.75, 3.05) is 18.6 Å². The number of rotatable bonds is 6. The Morgan fingerprint density at radius 1 is 1.21 bits per heavy atom. The van der Waals surface area contributed by atoms with E-state index in [9.17, 15) is 19.7 Å². The summed E-state index contributed by atoms with van der Waals surface area (Å²) in [6.07, 6.45) is 3.14. The molecule has 0 aromatic heterocycles. The minimum absolute atomic E-state index is 0.00954. The predicted molar refractivity (Wildman–Crippen MR) is 104 cm³/mol. The molecule has 2 amide bonds. The van der Waals surface area contributed by atoms with Gasteiger partial charge in [0.05, 0.1) is 18.1 Å². The third-order valence-electron chi connectivity index (χ3n) is 4.39. The molecule has 1 aliphatic heterocycles. The number of nitrogens with one attached hydrogen (secondary N) is 1. The second-order valence-corrected chi connectivity index (χ2v) is 6.29. The van der Waals surface area contributed by atoms with E-state index in [4.69, 9.17) is 4.74 Å². The molecule has 0 bridgehead atoms. The third kappa shape index (κ3) is 4.53. The van der Waals surface area contributed by atoms with E-state index in [1.165, 1.54) is 18.2 Å². The summed E-state index contributed by atoms with van der Waals surface area (Å²) in [6.45, 7) is 0.391. The number of nitro benzene ring substituents is 1. The van der Waals surface area contributed by atoms with Crippen molar-refractivity contribution in [2.45, 2.75) is 12.5 Å². The topological polar surface area (TPSA) is 102 Å². The van der Waals surface area contributed by atoms with Crippen LogP contribution in [0.25, 0.3) is 6.08 Å². The van der Waals surface area contributed by atoms with Crippen LogP contribution in [0.5, 0.6) is 5.75 Å². The number of anilines is 1. The van der Waals surface area contributed by atoms with Crippen molar-refractivity contribution in [3.05, 3.63) is 70.3 Å². The second-order valence-electron chi connectivity index (χ2n) is 6.29. The Bertz CT molecular complexity index is 906. The molecule has 8 heteroatoms. The molecule has 3 rings (SSSR count). The largest absolute Gasteiger partial charge is 0.497 e. The summed E-state index contributed by atoms with van der Waals surface area (Å²) in [7, 11) is 1.58. The van der Waals surface area contributed by atoms with Crippen molar-refractivity contribution in [1.82, 2.24) is 5.32 Å². The van der Waals surface area contributed by atoms with Gasteiger partial charge in [-0.1, -0.05) is 0 Å². The van der Waals surface area contributed by atoms with Gasteiger partial charge in [0, 0.05) is 36.9 Å². The molecule has 1 fully saturated rings. The molecular weight excluding hydrogens is 362 g/mol. The normalized spacial score (nSPS) is 16.4. The fourth-order valence-corrected chi connectivity index (χ4v) is 2.94. The highest BCUT2D eigenvalue weighted by atomic mass is 16.6. The molecule has 0 spiro atoms. The zero-order valence-corrected chi connectivity index (χ0v) is 15.2. The van der Waals surface area contributed by atoms with Crippen molar-refractivity contribution in [2.24, 2.45) is 0 Å². The maximum Gasteiger partial charge on any atom is 0.269 e. The van der Waals surface area contributed by atoms with E-state index in [2.05, 4.69) is 5.32 Å². The molecule has 28 heavy (non-hydrogen) atoms. The number of nitro groups is 1. The fourth-order valence-electron chi connectivity index (χ4n) is 2.94. The molecular formula is C20H19N3O5. The van der Waals surface area contributed by atoms with Gasteiger partial charge in [-0.2, -0.15) is 0 Å². The predicted octanol–water partition coefficient (Wildman–Crippen LogP) is 2.54. The Morgan fingerprint density at radius 3 is 2.50 bits per heavy atom. The Morgan fingerprint density at radius 2 is 1.89 bits per heavy atom. The second kappa shape index (κ2) is 8.34. The van der Waals surface area contributed by atoms with Crippen molar-refractivity contribution in [1.29, 1.82) is 0 Å². The molecule has 8 nitrogen and oxygen atoms in total. The van der Waals surface area contributed by atoms with Gasteiger partial charge in [-0.15, -0.1) is 0 Å². The molecule has 1 atom stereocenters. The molecule has 0 saturated carbocycles. The number of ether oxygens (including phenoxy) is 1. The van der Waals surface area contributed by atoms with Crippen LogP contribution in [0.15, 0.2) is 54.6 Å². The average molecular weight is 381 g/mol. The minimum Gasteiger partial charge on any atom is -0.497 e. The molecule has 1 heterocycles. The standard InChI is InChI=1S/C20H19N3O5/c1-28-18-9-7-16(8-10-18)22-13-15(12-20(22)25)21-19(24)11-4-14-2-5-17(6-3-14)23(26)27/h2-11,15H,12-13H2,1H3,(H,21,24)/b11-4-/t15-/m0/s1. The van der Waals surface area contributed by atoms with Gasteiger partial charge in [0.25, 0.3) is 5.69 Å². The third-order valence-corrected chi connectivity index (χ3v) is 4.39. The maximum atomic E-state index is 12.3. The number of hydrogen-bond donors (Lipinski definition) is 1. The first-order valence-corrected chi connectivity index (χ1v) is 8.63. The zero-order valence-electron chi connectivity index (χ0n) is 15.2. The van der Waals surface area contributed by atoms with E-state index in [1.54, 1.807) is 54.5 Å². The van der Waals surface area contributed by atoms with Crippen LogP contribution < -0.4 is 15.0 Å². The van der Waals surface area contributed by atoms with Gasteiger partial charge < -0.3 is 15.0 Å². The highest BCUT2D eigenvalue weighted by Gasteiger charge is 2.31. The summed E-state index contributed by atoms with van der Waals surface area (Å²) >= 11 is 0. The first kappa shape index (κ1) is 19.1. The van der Waals surface area contributed by atoms with E-state index in [0.29, 0.717) is 17.9 Å².